The van der Waals surface area contributed by atoms with Gasteiger partial charge in [0.25, 0.3) is 5.56 Å². The molecule has 4 rings (SSSR count). The summed E-state index contributed by atoms with van der Waals surface area (Å²) in [5.41, 5.74) is -0.987. The summed E-state index contributed by atoms with van der Waals surface area (Å²) < 4.78 is 51.5. The molecule has 204 valence electrons. The number of hydrogen-bond donors (Lipinski definition) is 4. The average Bonchev–Trinajstić information content (AvgIpc) is 3.33. The minimum atomic E-state index is -4.67. The van der Waals surface area contributed by atoms with Crippen LogP contribution in [0.4, 0.5) is 0 Å². The Hall–Kier alpha value is -1.49. The van der Waals surface area contributed by atoms with Crippen molar-refractivity contribution in [2.45, 2.75) is 82.1 Å². The highest BCUT2D eigenvalue weighted by molar-refractivity contribution is 7.47. The first-order valence-electron chi connectivity index (χ1n) is 11.3. The number of nitrogens with zero attached hydrogens (tertiary/aromatic N) is 1. The molecule has 4 heterocycles. The molecule has 0 saturated carbocycles. The van der Waals surface area contributed by atoms with E-state index < -0.39 is 87.2 Å². The third-order valence-corrected chi connectivity index (χ3v) is 7.11. The second-order valence-corrected chi connectivity index (χ2v) is 10.8. The molecule has 0 radical (unpaired) electrons. The molecule has 0 bridgehead atoms. The largest absolute Gasteiger partial charge is 0.472 e. The number of phosphoric ester groups is 1. The van der Waals surface area contributed by atoms with Gasteiger partial charge in [-0.1, -0.05) is 0 Å². The van der Waals surface area contributed by atoms with E-state index in [9.17, 15) is 29.3 Å². The Morgan fingerprint density at radius 2 is 1.78 bits per heavy atom. The molecular formula is C20H31N2O13P. The van der Waals surface area contributed by atoms with Crippen molar-refractivity contribution in [3.63, 3.8) is 0 Å². The molecule has 0 spiro atoms. The molecule has 1 aromatic heterocycles. The van der Waals surface area contributed by atoms with E-state index in [1.807, 2.05) is 0 Å². The van der Waals surface area contributed by atoms with E-state index in [-0.39, 0.29) is 12.0 Å². The Kier molecular flexibility index (Phi) is 7.91. The lowest BCUT2D eigenvalue weighted by molar-refractivity contribution is -0.271. The third-order valence-electron chi connectivity index (χ3n) is 6.15. The normalized spacial score (nSPS) is 37.5. The SMILES string of the molecule is CO[C@H]1O[C@H](COP(=O)(O)OC[C@H]2O[C@@H](n3cc(C)c(=O)[nH]c3=O)C[C@@H]2O)[C@@H](O)[C@@H]2OC(C)(C)O[C@H]12. The summed E-state index contributed by atoms with van der Waals surface area (Å²) in [6.07, 6.45) is -6.59. The first kappa shape index (κ1) is 27.5. The van der Waals surface area contributed by atoms with Crippen molar-refractivity contribution in [3.05, 3.63) is 32.6 Å². The van der Waals surface area contributed by atoms with Crippen LogP contribution in [-0.2, 0) is 37.3 Å². The van der Waals surface area contributed by atoms with E-state index in [4.69, 9.17) is 32.7 Å². The van der Waals surface area contributed by atoms with Crippen molar-refractivity contribution in [1.29, 1.82) is 0 Å². The molecular weight excluding hydrogens is 507 g/mol. The van der Waals surface area contributed by atoms with Gasteiger partial charge in [0.15, 0.2) is 12.1 Å². The molecule has 15 nitrogen and oxygen atoms in total. The van der Waals surface area contributed by atoms with Gasteiger partial charge >= 0.3 is 13.5 Å². The number of hydrogen-bond acceptors (Lipinski definition) is 12. The molecule has 1 unspecified atom stereocenters. The minimum absolute atomic E-state index is 0.0164. The number of phosphoric acid groups is 1. The van der Waals surface area contributed by atoms with E-state index in [2.05, 4.69) is 4.98 Å². The van der Waals surface area contributed by atoms with E-state index >= 15 is 0 Å². The molecule has 0 aromatic carbocycles. The minimum Gasteiger partial charge on any atom is -0.390 e. The van der Waals surface area contributed by atoms with Crippen LogP contribution in [0.2, 0.25) is 0 Å². The predicted molar refractivity (Wildman–Crippen MR) is 118 cm³/mol. The molecule has 36 heavy (non-hydrogen) atoms. The standard InChI is InChI=1S/C20H31N2O13P/c1-9-6-22(19(26)21-17(9)25)13-5-10(23)11(32-13)7-30-36(27,28)31-8-12-14(24)15-16(18(29-4)33-12)35-20(2,3)34-15/h6,10-16,18,23-24H,5,7-8H2,1-4H3,(H,27,28)(H,21,25,26)/t10-,11+,12+,13+,14+,15-,16-,18-/m0/s1. The number of rotatable bonds is 8. The maximum Gasteiger partial charge on any atom is 0.472 e. The highest BCUT2D eigenvalue weighted by atomic mass is 31.2. The maximum absolute atomic E-state index is 12.5. The van der Waals surface area contributed by atoms with Gasteiger partial charge in [0.1, 0.15) is 36.7 Å². The van der Waals surface area contributed by atoms with Gasteiger partial charge in [-0.3, -0.25) is 23.4 Å². The van der Waals surface area contributed by atoms with Crippen LogP contribution in [0, 0.1) is 6.92 Å². The Morgan fingerprint density at radius 3 is 2.44 bits per heavy atom. The summed E-state index contributed by atoms with van der Waals surface area (Å²) >= 11 is 0. The van der Waals surface area contributed by atoms with Gasteiger partial charge < -0.3 is 38.8 Å². The Labute approximate surface area is 205 Å². The summed E-state index contributed by atoms with van der Waals surface area (Å²) in [4.78, 5) is 35.9. The summed E-state index contributed by atoms with van der Waals surface area (Å²) in [7, 11) is -3.29. The predicted octanol–water partition coefficient (Wildman–Crippen LogP) is -1.12. The Balaban J connectivity index is 1.32. The van der Waals surface area contributed by atoms with Crippen LogP contribution in [0.3, 0.4) is 0 Å². The van der Waals surface area contributed by atoms with Crippen molar-refractivity contribution < 1.29 is 52.4 Å². The smallest absolute Gasteiger partial charge is 0.390 e. The van der Waals surface area contributed by atoms with Crippen LogP contribution in [0.1, 0.15) is 32.1 Å². The molecule has 4 N–H and O–H groups in total. The second-order valence-electron chi connectivity index (χ2n) is 9.30. The maximum atomic E-state index is 12.5. The topological polar surface area (TPSA) is 197 Å². The van der Waals surface area contributed by atoms with Gasteiger partial charge in [-0.2, -0.15) is 0 Å². The summed E-state index contributed by atoms with van der Waals surface area (Å²) in [6.45, 7) is 3.78. The fourth-order valence-corrected chi connectivity index (χ4v) is 5.11. The van der Waals surface area contributed by atoms with Gasteiger partial charge in [0.05, 0.1) is 19.3 Å². The zero-order chi connectivity index (χ0) is 26.4. The van der Waals surface area contributed by atoms with Crippen LogP contribution in [0.25, 0.3) is 0 Å². The average molecular weight is 538 g/mol. The number of fused-ring (bicyclic) bond motifs is 1. The van der Waals surface area contributed by atoms with Crippen LogP contribution >= 0.6 is 7.82 Å². The lowest BCUT2D eigenvalue weighted by Gasteiger charge is -2.39. The number of methoxy groups -OCH3 is 1. The van der Waals surface area contributed by atoms with E-state index in [1.165, 1.54) is 20.2 Å². The van der Waals surface area contributed by atoms with Gasteiger partial charge in [0, 0.05) is 25.3 Å². The van der Waals surface area contributed by atoms with Gasteiger partial charge in [-0.15, -0.1) is 0 Å². The number of aromatic amines is 1. The molecule has 1 aromatic rings. The molecule has 3 aliphatic heterocycles. The summed E-state index contributed by atoms with van der Waals surface area (Å²) in [5.74, 6) is -0.986. The number of nitrogens with one attached hydrogen (secondary N) is 1. The molecule has 9 atom stereocenters. The van der Waals surface area contributed by atoms with E-state index in [1.54, 1.807) is 13.8 Å². The molecule has 16 heteroatoms. The zero-order valence-electron chi connectivity index (χ0n) is 20.1. The van der Waals surface area contributed by atoms with Crippen LogP contribution in [0.5, 0.6) is 0 Å². The number of H-pyrrole nitrogens is 1. The number of aromatic nitrogens is 2. The zero-order valence-corrected chi connectivity index (χ0v) is 21.0. The van der Waals surface area contributed by atoms with Crippen LogP contribution < -0.4 is 11.2 Å². The molecule has 0 aliphatic carbocycles. The number of aliphatic hydroxyl groups is 2. The van der Waals surface area contributed by atoms with Gasteiger partial charge in [-0.25, -0.2) is 9.36 Å². The van der Waals surface area contributed by atoms with E-state index in [0.717, 1.165) is 4.57 Å². The van der Waals surface area contributed by atoms with E-state index in [0.29, 0.717) is 0 Å². The van der Waals surface area contributed by atoms with Crippen LogP contribution in [-0.4, -0.2) is 93.7 Å². The first-order valence-corrected chi connectivity index (χ1v) is 12.8. The fraction of sp³-hybridized carbons (Fsp3) is 0.800. The van der Waals surface area contributed by atoms with Crippen molar-refractivity contribution in [1.82, 2.24) is 9.55 Å². The second kappa shape index (κ2) is 10.3. The van der Waals surface area contributed by atoms with Crippen molar-refractivity contribution in [2.75, 3.05) is 20.3 Å². The quantitative estimate of drug-likeness (QED) is 0.291. The summed E-state index contributed by atoms with van der Waals surface area (Å²) in [6, 6.07) is 0. The van der Waals surface area contributed by atoms with Crippen molar-refractivity contribution >= 4 is 7.82 Å². The van der Waals surface area contributed by atoms with Crippen LogP contribution in [0.15, 0.2) is 15.8 Å². The monoisotopic (exact) mass is 538 g/mol. The van der Waals surface area contributed by atoms with Crippen molar-refractivity contribution in [3.8, 4) is 0 Å². The third kappa shape index (κ3) is 5.81. The fourth-order valence-electron chi connectivity index (χ4n) is 4.37. The lowest BCUT2D eigenvalue weighted by Crippen LogP contribution is -2.57. The Morgan fingerprint density at radius 1 is 1.14 bits per heavy atom. The number of aryl methyl sites for hydroxylation is 1. The Bertz CT molecular complexity index is 1110. The molecule has 0 amide bonds. The van der Waals surface area contributed by atoms with Gasteiger partial charge in [-0.05, 0) is 20.8 Å². The molecule has 3 saturated heterocycles. The molecule has 3 aliphatic rings. The lowest BCUT2D eigenvalue weighted by atomic mass is 9.99. The summed E-state index contributed by atoms with van der Waals surface area (Å²) in [5, 5.41) is 20.9. The first-order chi connectivity index (χ1) is 16.8. The molecule has 3 fully saturated rings. The highest BCUT2D eigenvalue weighted by Gasteiger charge is 2.55. The highest BCUT2D eigenvalue weighted by Crippen LogP contribution is 2.45. The van der Waals surface area contributed by atoms with Gasteiger partial charge in [0.2, 0.25) is 0 Å². The van der Waals surface area contributed by atoms with Crippen molar-refractivity contribution in [2.24, 2.45) is 0 Å². The number of ether oxygens (including phenoxy) is 5. The number of aliphatic hydroxyl groups excluding tert-OH is 2.